The lowest BCUT2D eigenvalue weighted by molar-refractivity contribution is -0.121. The lowest BCUT2D eigenvalue weighted by Gasteiger charge is -2.09. The molecule has 1 amide bonds. The van der Waals surface area contributed by atoms with Gasteiger partial charge in [0.15, 0.2) is 0 Å². The third kappa shape index (κ3) is 3.66. The van der Waals surface area contributed by atoms with E-state index in [4.69, 9.17) is 0 Å². The van der Waals surface area contributed by atoms with E-state index in [1.807, 2.05) is 43.3 Å². The summed E-state index contributed by atoms with van der Waals surface area (Å²) in [6, 6.07) is 11.7. The molecule has 0 aliphatic heterocycles. The van der Waals surface area contributed by atoms with Gasteiger partial charge in [-0.05, 0) is 24.6 Å². The molecule has 0 radical (unpaired) electrons. The molecule has 0 aliphatic rings. The number of nitrogens with zero attached hydrogens (tertiary/aromatic N) is 3. The molecule has 0 fully saturated rings. The predicted molar refractivity (Wildman–Crippen MR) is 90.2 cm³/mol. The average molecular weight is 309 g/mol. The van der Waals surface area contributed by atoms with Crippen molar-refractivity contribution in [3.05, 3.63) is 54.4 Å². The monoisotopic (exact) mass is 309 g/mol. The number of carbonyl (C=O) groups excluding carboxylic acids is 1. The van der Waals surface area contributed by atoms with Crippen LogP contribution in [0.15, 0.2) is 48.8 Å². The minimum absolute atomic E-state index is 0.0570. The van der Waals surface area contributed by atoms with Crippen molar-refractivity contribution >= 4 is 22.6 Å². The third-order valence-electron chi connectivity index (χ3n) is 3.59. The molecule has 0 bridgehead atoms. The van der Waals surface area contributed by atoms with Gasteiger partial charge in [-0.1, -0.05) is 24.3 Å². The Kier molecular flexibility index (Phi) is 4.52. The number of carbonyl (C=O) groups is 1. The first-order valence-electron chi connectivity index (χ1n) is 7.57. The van der Waals surface area contributed by atoms with E-state index >= 15 is 0 Å². The Morgan fingerprint density at radius 1 is 1.17 bits per heavy atom. The number of anilines is 1. The summed E-state index contributed by atoms with van der Waals surface area (Å²) < 4.78 is 1.71. The number of benzene rings is 1. The summed E-state index contributed by atoms with van der Waals surface area (Å²) in [6.45, 7) is 3.38. The molecule has 0 saturated carbocycles. The summed E-state index contributed by atoms with van der Waals surface area (Å²) >= 11 is 0. The van der Waals surface area contributed by atoms with Crippen LogP contribution < -0.4 is 10.6 Å². The maximum atomic E-state index is 12.0. The van der Waals surface area contributed by atoms with Gasteiger partial charge in [-0.3, -0.25) is 9.48 Å². The fourth-order valence-electron chi connectivity index (χ4n) is 2.40. The zero-order valence-electron chi connectivity index (χ0n) is 13.0. The van der Waals surface area contributed by atoms with Crippen LogP contribution in [0.4, 0.5) is 5.82 Å². The topological polar surface area (TPSA) is 71.8 Å². The molecule has 0 spiro atoms. The highest BCUT2D eigenvalue weighted by atomic mass is 16.2. The number of amides is 1. The molecule has 1 aromatic carbocycles. The van der Waals surface area contributed by atoms with Crippen LogP contribution in [0, 0.1) is 6.92 Å². The maximum absolute atomic E-state index is 12.0. The maximum Gasteiger partial charge on any atom is 0.241 e. The van der Waals surface area contributed by atoms with Gasteiger partial charge in [0.25, 0.3) is 0 Å². The second-order valence-corrected chi connectivity index (χ2v) is 5.31. The van der Waals surface area contributed by atoms with Crippen LogP contribution in [0.5, 0.6) is 0 Å². The van der Waals surface area contributed by atoms with Crippen molar-refractivity contribution in [3.63, 3.8) is 0 Å². The number of para-hydroxylation sites is 1. The molecular weight excluding hydrogens is 290 g/mol. The van der Waals surface area contributed by atoms with Crippen molar-refractivity contribution in [1.82, 2.24) is 20.1 Å². The molecule has 23 heavy (non-hydrogen) atoms. The van der Waals surface area contributed by atoms with Crippen molar-refractivity contribution in [2.75, 3.05) is 18.4 Å². The number of rotatable bonds is 6. The number of hydrogen-bond donors (Lipinski definition) is 2. The normalized spacial score (nSPS) is 10.7. The van der Waals surface area contributed by atoms with E-state index in [9.17, 15) is 4.79 Å². The number of pyridine rings is 1. The molecule has 2 heterocycles. The molecule has 0 saturated heterocycles. The molecule has 6 nitrogen and oxygen atoms in total. The molecule has 0 atom stereocenters. The fourth-order valence-corrected chi connectivity index (χ4v) is 2.40. The van der Waals surface area contributed by atoms with E-state index in [0.29, 0.717) is 13.1 Å². The number of nitrogens with one attached hydrogen (secondary N) is 2. The molecular formula is C17H19N5O. The van der Waals surface area contributed by atoms with Gasteiger partial charge in [-0.2, -0.15) is 5.10 Å². The van der Waals surface area contributed by atoms with Gasteiger partial charge in [0.2, 0.25) is 5.91 Å². The second-order valence-electron chi connectivity index (χ2n) is 5.31. The molecule has 3 rings (SSSR count). The Morgan fingerprint density at radius 3 is 2.91 bits per heavy atom. The van der Waals surface area contributed by atoms with E-state index in [1.165, 1.54) is 0 Å². The van der Waals surface area contributed by atoms with E-state index in [1.54, 1.807) is 17.1 Å². The van der Waals surface area contributed by atoms with Crippen molar-refractivity contribution in [3.8, 4) is 0 Å². The minimum Gasteiger partial charge on any atom is -0.368 e. The summed E-state index contributed by atoms with van der Waals surface area (Å²) in [5.74, 6) is 0.790. The van der Waals surface area contributed by atoms with E-state index in [-0.39, 0.29) is 12.5 Å². The van der Waals surface area contributed by atoms with Crippen LogP contribution in [0.25, 0.3) is 10.9 Å². The van der Waals surface area contributed by atoms with Crippen molar-refractivity contribution in [1.29, 1.82) is 0 Å². The first kappa shape index (κ1) is 15.0. The molecule has 2 N–H and O–H groups in total. The zero-order chi connectivity index (χ0) is 16.1. The fraction of sp³-hybridized carbons (Fsp3) is 0.235. The first-order valence-corrected chi connectivity index (χ1v) is 7.57. The van der Waals surface area contributed by atoms with E-state index in [0.717, 1.165) is 22.3 Å². The largest absolute Gasteiger partial charge is 0.368 e. The molecule has 0 aliphatic carbocycles. The van der Waals surface area contributed by atoms with Gasteiger partial charge < -0.3 is 10.6 Å². The molecule has 6 heteroatoms. The Labute approximate surface area is 134 Å². The summed E-state index contributed by atoms with van der Waals surface area (Å²) in [5.41, 5.74) is 2.05. The SMILES string of the molecule is Cc1cccnc1NCCNC(=O)Cn1ncc2ccccc21. The van der Waals surface area contributed by atoms with Crippen LogP contribution >= 0.6 is 0 Å². The van der Waals surface area contributed by atoms with Gasteiger partial charge >= 0.3 is 0 Å². The highest BCUT2D eigenvalue weighted by Gasteiger charge is 2.06. The van der Waals surface area contributed by atoms with Gasteiger partial charge in [0, 0.05) is 24.7 Å². The first-order chi connectivity index (χ1) is 11.2. The molecule has 0 unspecified atom stereocenters. The predicted octanol–water partition coefficient (Wildman–Crippen LogP) is 1.97. The molecule has 118 valence electrons. The summed E-state index contributed by atoms with van der Waals surface area (Å²) in [4.78, 5) is 16.3. The number of aromatic nitrogens is 3. The van der Waals surface area contributed by atoms with Crippen LogP contribution in [0.2, 0.25) is 0 Å². The quantitative estimate of drug-likeness (QED) is 0.683. The number of fused-ring (bicyclic) bond motifs is 1. The van der Waals surface area contributed by atoms with E-state index < -0.39 is 0 Å². The number of hydrogen-bond acceptors (Lipinski definition) is 4. The standard InChI is InChI=1S/C17H19N5O/c1-13-5-4-8-19-17(13)20-10-9-18-16(23)12-22-15-7-3-2-6-14(15)11-21-22/h2-8,11H,9-10,12H2,1H3,(H,18,23)(H,19,20). The van der Waals surface area contributed by atoms with Crippen molar-refractivity contribution in [2.24, 2.45) is 0 Å². The summed E-state index contributed by atoms with van der Waals surface area (Å²) in [6.07, 6.45) is 3.52. The van der Waals surface area contributed by atoms with Crippen LogP contribution in [-0.2, 0) is 11.3 Å². The lowest BCUT2D eigenvalue weighted by atomic mass is 10.2. The van der Waals surface area contributed by atoms with Gasteiger partial charge in [-0.15, -0.1) is 0 Å². The van der Waals surface area contributed by atoms with Crippen molar-refractivity contribution in [2.45, 2.75) is 13.5 Å². The lowest BCUT2D eigenvalue weighted by Crippen LogP contribution is -2.32. The molecule has 3 aromatic rings. The minimum atomic E-state index is -0.0570. The number of aryl methyl sites for hydroxylation is 1. The second kappa shape index (κ2) is 6.91. The summed E-state index contributed by atoms with van der Waals surface area (Å²) in [7, 11) is 0. The average Bonchev–Trinajstić information content (AvgIpc) is 2.96. The smallest absolute Gasteiger partial charge is 0.241 e. The van der Waals surface area contributed by atoms with Crippen LogP contribution in [0.3, 0.4) is 0 Å². The highest BCUT2D eigenvalue weighted by Crippen LogP contribution is 2.12. The molecule has 2 aromatic heterocycles. The Morgan fingerprint density at radius 2 is 2.04 bits per heavy atom. The van der Waals surface area contributed by atoms with Gasteiger partial charge in [-0.25, -0.2) is 4.98 Å². The van der Waals surface area contributed by atoms with Gasteiger partial charge in [0.1, 0.15) is 12.4 Å². The Bertz CT molecular complexity index is 811. The Balaban J connectivity index is 1.48. The van der Waals surface area contributed by atoms with Crippen LogP contribution in [-0.4, -0.2) is 33.8 Å². The van der Waals surface area contributed by atoms with Crippen molar-refractivity contribution < 1.29 is 4.79 Å². The van der Waals surface area contributed by atoms with Crippen LogP contribution in [0.1, 0.15) is 5.56 Å². The van der Waals surface area contributed by atoms with Gasteiger partial charge in [0.05, 0.1) is 11.7 Å². The summed E-state index contributed by atoms with van der Waals surface area (Å²) in [5, 5.41) is 11.4. The Hall–Kier alpha value is -2.89. The highest BCUT2D eigenvalue weighted by molar-refractivity contribution is 5.81. The van der Waals surface area contributed by atoms with E-state index in [2.05, 4.69) is 20.7 Å². The third-order valence-corrected chi connectivity index (χ3v) is 3.59. The zero-order valence-corrected chi connectivity index (χ0v) is 13.0.